The third-order valence-electron chi connectivity index (χ3n) is 2.13. The lowest BCUT2D eigenvalue weighted by Crippen LogP contribution is -2.35. The molecular formula is C12H18BrNO2. The Balaban J connectivity index is 2.86. The van der Waals surface area contributed by atoms with Crippen LogP contribution in [0, 0.1) is 0 Å². The molecule has 4 heteroatoms. The van der Waals surface area contributed by atoms with Crippen molar-refractivity contribution < 1.29 is 9.84 Å². The molecule has 0 aliphatic carbocycles. The van der Waals surface area contributed by atoms with Crippen molar-refractivity contribution in [2.75, 3.05) is 7.11 Å². The van der Waals surface area contributed by atoms with E-state index in [9.17, 15) is 5.11 Å². The van der Waals surface area contributed by atoms with Crippen molar-refractivity contribution in [3.63, 3.8) is 0 Å². The predicted octanol–water partition coefficient (Wildman–Crippen LogP) is 3.05. The lowest BCUT2D eigenvalue weighted by molar-refractivity contribution is 0.370. The van der Waals surface area contributed by atoms with E-state index < -0.39 is 0 Å². The molecule has 0 fully saturated rings. The zero-order valence-corrected chi connectivity index (χ0v) is 11.7. The smallest absolute Gasteiger partial charge is 0.172 e. The minimum Gasteiger partial charge on any atom is -0.503 e. The number of hydrogen-bond acceptors (Lipinski definition) is 3. The maximum Gasteiger partial charge on any atom is 0.172 e. The largest absolute Gasteiger partial charge is 0.503 e. The van der Waals surface area contributed by atoms with Gasteiger partial charge in [0.1, 0.15) is 0 Å². The third-order valence-corrected chi connectivity index (χ3v) is 2.74. The zero-order valence-electron chi connectivity index (χ0n) is 10.1. The molecule has 0 spiro atoms. The molecule has 0 radical (unpaired) electrons. The van der Waals surface area contributed by atoms with E-state index >= 15 is 0 Å². The lowest BCUT2D eigenvalue weighted by Gasteiger charge is -2.21. The number of rotatable bonds is 3. The molecule has 90 valence electrons. The van der Waals surface area contributed by atoms with E-state index in [1.165, 1.54) is 0 Å². The second-order valence-corrected chi connectivity index (χ2v) is 5.59. The molecule has 0 aromatic heterocycles. The number of hydrogen-bond donors (Lipinski definition) is 2. The predicted molar refractivity (Wildman–Crippen MR) is 69.0 cm³/mol. The van der Waals surface area contributed by atoms with Gasteiger partial charge in [-0.1, -0.05) is 0 Å². The quantitative estimate of drug-likeness (QED) is 0.898. The van der Waals surface area contributed by atoms with Crippen molar-refractivity contribution in [1.29, 1.82) is 0 Å². The number of benzene rings is 1. The number of methoxy groups -OCH3 is 1. The standard InChI is InChI=1S/C12H18BrNO2/c1-12(2,3)14-7-8-5-9(13)11(15)10(6-8)16-4/h5-6,14-15H,7H2,1-4H3. The topological polar surface area (TPSA) is 41.5 Å². The Bertz CT molecular complexity index is 372. The molecule has 0 saturated heterocycles. The number of nitrogens with one attached hydrogen (secondary N) is 1. The Morgan fingerprint density at radius 2 is 2.00 bits per heavy atom. The van der Waals surface area contributed by atoms with Crippen LogP contribution in [0.5, 0.6) is 11.5 Å². The van der Waals surface area contributed by atoms with Gasteiger partial charge in [-0.3, -0.25) is 0 Å². The highest BCUT2D eigenvalue weighted by Crippen LogP contribution is 2.35. The fourth-order valence-electron chi connectivity index (χ4n) is 1.25. The van der Waals surface area contributed by atoms with E-state index in [0.717, 1.165) is 12.1 Å². The highest BCUT2D eigenvalue weighted by atomic mass is 79.9. The fraction of sp³-hybridized carbons (Fsp3) is 0.500. The summed E-state index contributed by atoms with van der Waals surface area (Å²) in [5, 5.41) is 13.0. The summed E-state index contributed by atoms with van der Waals surface area (Å²) >= 11 is 3.30. The van der Waals surface area contributed by atoms with Crippen LogP contribution in [0.2, 0.25) is 0 Å². The number of halogens is 1. The molecule has 0 bridgehead atoms. The van der Waals surface area contributed by atoms with E-state index in [2.05, 4.69) is 42.0 Å². The Labute approximate surface area is 105 Å². The molecule has 0 saturated carbocycles. The van der Waals surface area contributed by atoms with Gasteiger partial charge in [0.15, 0.2) is 11.5 Å². The van der Waals surface area contributed by atoms with Gasteiger partial charge in [0, 0.05) is 12.1 Å². The van der Waals surface area contributed by atoms with Crippen molar-refractivity contribution in [3.8, 4) is 11.5 Å². The first-order chi connectivity index (χ1) is 7.33. The van der Waals surface area contributed by atoms with Gasteiger partial charge in [-0.2, -0.15) is 0 Å². The normalized spacial score (nSPS) is 11.6. The number of phenols is 1. The molecule has 1 aromatic carbocycles. The molecule has 2 N–H and O–H groups in total. The van der Waals surface area contributed by atoms with Gasteiger partial charge < -0.3 is 15.2 Å². The van der Waals surface area contributed by atoms with Crippen molar-refractivity contribution in [3.05, 3.63) is 22.2 Å². The van der Waals surface area contributed by atoms with Gasteiger partial charge >= 0.3 is 0 Å². The maximum absolute atomic E-state index is 9.66. The summed E-state index contributed by atoms with van der Waals surface area (Å²) < 4.78 is 5.74. The van der Waals surface area contributed by atoms with Crippen LogP contribution >= 0.6 is 15.9 Å². The van der Waals surface area contributed by atoms with Crippen LogP contribution in [0.25, 0.3) is 0 Å². The summed E-state index contributed by atoms with van der Waals surface area (Å²) in [6.45, 7) is 7.07. The average Bonchev–Trinajstić information content (AvgIpc) is 2.18. The Morgan fingerprint density at radius 1 is 1.38 bits per heavy atom. The summed E-state index contributed by atoms with van der Waals surface area (Å²) in [6, 6.07) is 3.72. The molecule has 0 atom stereocenters. The van der Waals surface area contributed by atoms with E-state index in [1.54, 1.807) is 7.11 Å². The van der Waals surface area contributed by atoms with E-state index in [-0.39, 0.29) is 11.3 Å². The first-order valence-corrected chi connectivity index (χ1v) is 5.93. The molecule has 0 aliphatic heterocycles. The maximum atomic E-state index is 9.66. The second kappa shape index (κ2) is 5.06. The number of aromatic hydroxyl groups is 1. The molecule has 1 aromatic rings. The van der Waals surface area contributed by atoms with Crippen LogP contribution in [0.15, 0.2) is 16.6 Å². The molecule has 1 rings (SSSR count). The van der Waals surface area contributed by atoms with Gasteiger partial charge in [-0.05, 0) is 54.4 Å². The SMILES string of the molecule is COc1cc(CNC(C)(C)C)cc(Br)c1O. The van der Waals surface area contributed by atoms with Crippen LogP contribution in [0.4, 0.5) is 0 Å². The molecule has 0 aliphatic rings. The van der Waals surface area contributed by atoms with Gasteiger partial charge in [0.05, 0.1) is 11.6 Å². The van der Waals surface area contributed by atoms with Gasteiger partial charge in [-0.25, -0.2) is 0 Å². The highest BCUT2D eigenvalue weighted by molar-refractivity contribution is 9.10. The summed E-state index contributed by atoms with van der Waals surface area (Å²) in [7, 11) is 1.54. The van der Waals surface area contributed by atoms with Crippen LogP contribution in [-0.4, -0.2) is 17.8 Å². The van der Waals surface area contributed by atoms with Gasteiger partial charge in [-0.15, -0.1) is 0 Å². The molecule has 0 unspecified atom stereocenters. The Kier molecular flexibility index (Phi) is 4.21. The van der Waals surface area contributed by atoms with Gasteiger partial charge in [0.25, 0.3) is 0 Å². The van der Waals surface area contributed by atoms with Gasteiger partial charge in [0.2, 0.25) is 0 Å². The van der Waals surface area contributed by atoms with Crippen molar-refractivity contribution >= 4 is 15.9 Å². The number of phenolic OH excluding ortho intramolecular Hbond substituents is 1. The molecular weight excluding hydrogens is 270 g/mol. The zero-order chi connectivity index (χ0) is 12.3. The van der Waals surface area contributed by atoms with Crippen molar-refractivity contribution in [1.82, 2.24) is 5.32 Å². The summed E-state index contributed by atoms with van der Waals surface area (Å²) in [5.74, 6) is 0.627. The Hall–Kier alpha value is -0.740. The van der Waals surface area contributed by atoms with E-state index in [0.29, 0.717) is 10.2 Å². The first-order valence-electron chi connectivity index (χ1n) is 5.14. The summed E-state index contributed by atoms with van der Waals surface area (Å²) in [4.78, 5) is 0. The molecule has 0 amide bonds. The average molecular weight is 288 g/mol. The lowest BCUT2D eigenvalue weighted by atomic mass is 10.1. The molecule has 16 heavy (non-hydrogen) atoms. The van der Waals surface area contributed by atoms with Crippen molar-refractivity contribution in [2.45, 2.75) is 32.9 Å². The minimum atomic E-state index is 0.0671. The second-order valence-electron chi connectivity index (χ2n) is 4.73. The molecule has 3 nitrogen and oxygen atoms in total. The fourth-order valence-corrected chi connectivity index (χ4v) is 1.74. The van der Waals surface area contributed by atoms with Crippen LogP contribution < -0.4 is 10.1 Å². The van der Waals surface area contributed by atoms with Crippen LogP contribution in [0.1, 0.15) is 26.3 Å². The van der Waals surface area contributed by atoms with Crippen LogP contribution in [0.3, 0.4) is 0 Å². The van der Waals surface area contributed by atoms with Crippen molar-refractivity contribution in [2.24, 2.45) is 0 Å². The van der Waals surface area contributed by atoms with E-state index in [4.69, 9.17) is 4.74 Å². The molecule has 0 heterocycles. The third kappa shape index (κ3) is 3.68. The monoisotopic (exact) mass is 287 g/mol. The highest BCUT2D eigenvalue weighted by Gasteiger charge is 2.11. The first kappa shape index (κ1) is 13.3. The summed E-state index contributed by atoms with van der Waals surface area (Å²) in [5.41, 5.74) is 1.13. The minimum absolute atomic E-state index is 0.0671. The Morgan fingerprint density at radius 3 is 2.50 bits per heavy atom. The van der Waals surface area contributed by atoms with E-state index in [1.807, 2.05) is 12.1 Å². The van der Waals surface area contributed by atoms with Crippen LogP contribution in [-0.2, 0) is 6.54 Å². The summed E-state index contributed by atoms with van der Waals surface area (Å²) in [6.07, 6.45) is 0. The number of ether oxygens (including phenoxy) is 1.